The van der Waals surface area contributed by atoms with E-state index >= 15 is 0 Å². The Morgan fingerprint density at radius 1 is 0.200 bits per heavy atom. The smallest absolute Gasteiger partial charge is 0.110 e. The number of hydrogen-bond donors (Lipinski definition) is 6. The van der Waals surface area contributed by atoms with Gasteiger partial charge in [-0.1, -0.05) is 268 Å². The van der Waals surface area contributed by atoms with Crippen molar-refractivity contribution in [2.24, 2.45) is 0 Å². The first-order valence-corrected chi connectivity index (χ1v) is 31.2. The molecule has 0 saturated carbocycles. The highest BCUT2D eigenvalue weighted by molar-refractivity contribution is 5.79. The third kappa shape index (κ3) is 12.9. The summed E-state index contributed by atoms with van der Waals surface area (Å²) >= 11 is 0. The predicted molar refractivity (Wildman–Crippen MR) is 363 cm³/mol. The van der Waals surface area contributed by atoms with Gasteiger partial charge in [-0.15, -0.1) is 0 Å². The van der Waals surface area contributed by atoms with Gasteiger partial charge in [0.25, 0.3) is 0 Å². The van der Waals surface area contributed by atoms with E-state index in [2.05, 4.69) is 196 Å². The van der Waals surface area contributed by atoms with Crippen molar-refractivity contribution in [1.29, 1.82) is 0 Å². The lowest BCUT2D eigenvalue weighted by Gasteiger charge is -2.27. The second-order valence-corrected chi connectivity index (χ2v) is 30.7. The molecule has 0 aromatic heterocycles. The number of aliphatic hydroxyl groups excluding tert-OH is 6. The van der Waals surface area contributed by atoms with E-state index in [1.54, 1.807) is 0 Å². The molecule has 6 nitrogen and oxygen atoms in total. The molecule has 0 aliphatic heterocycles. The Kier molecular flexibility index (Phi) is 16.9. The summed E-state index contributed by atoms with van der Waals surface area (Å²) in [5.74, 6) is 42.3. The summed E-state index contributed by atoms with van der Waals surface area (Å²) < 4.78 is 0. The molecule has 0 bridgehead atoms. The fraction of sp³-hybridized carbons (Fsp3) is 0.357. The summed E-state index contributed by atoms with van der Waals surface area (Å²) in [4.78, 5) is 0. The van der Waals surface area contributed by atoms with E-state index in [0.717, 1.165) is 33.4 Å². The molecule has 10 rings (SSSR count). The lowest BCUT2D eigenvalue weighted by molar-refractivity contribution is 0.0168. The minimum absolute atomic E-state index is 0.340. The second kappa shape index (κ2) is 23.5. The van der Waals surface area contributed by atoms with E-state index in [1.807, 2.05) is 109 Å². The first-order chi connectivity index (χ1) is 41.9. The van der Waals surface area contributed by atoms with Gasteiger partial charge in [-0.3, -0.25) is 0 Å². The van der Waals surface area contributed by atoms with Crippen molar-refractivity contribution >= 4 is 0 Å². The maximum atomic E-state index is 12.7. The quantitative estimate of drug-likeness (QED) is 0.0842. The number of hydrogen-bond acceptors (Lipinski definition) is 6. The van der Waals surface area contributed by atoms with Crippen LogP contribution in [0.25, 0.3) is 0 Å². The van der Waals surface area contributed by atoms with Gasteiger partial charge in [0, 0.05) is 33.4 Å². The third-order valence-corrected chi connectivity index (χ3v) is 17.7. The summed E-state index contributed by atoms with van der Waals surface area (Å²) in [6, 6.07) is 34.9. The molecule has 7 aromatic rings. The van der Waals surface area contributed by atoms with Crippen LogP contribution in [-0.4, -0.2) is 30.6 Å². The third-order valence-electron chi connectivity index (χ3n) is 17.7. The molecular weight excluding hydrogens is 1100 g/mol. The number of benzene rings is 7. The van der Waals surface area contributed by atoms with Crippen LogP contribution in [0.4, 0.5) is 0 Å². The molecule has 7 aromatic carbocycles. The molecule has 0 heterocycles. The lowest BCUT2D eigenvalue weighted by atomic mass is 9.80. The fourth-order valence-electron chi connectivity index (χ4n) is 11.6. The fourth-order valence-corrected chi connectivity index (χ4v) is 11.6. The highest BCUT2D eigenvalue weighted by Gasteiger charge is 2.33. The van der Waals surface area contributed by atoms with Crippen LogP contribution < -0.4 is 0 Å². The Hall–Kier alpha value is -8.34. The lowest BCUT2D eigenvalue weighted by Crippen LogP contribution is -2.18. The van der Waals surface area contributed by atoms with Gasteiger partial charge in [0.2, 0.25) is 0 Å². The Bertz CT molecular complexity index is 3740. The first kappa shape index (κ1) is 64.6. The van der Waals surface area contributed by atoms with Gasteiger partial charge in [-0.25, -0.2) is 0 Å². The van der Waals surface area contributed by atoms with Crippen LogP contribution in [0, 0.1) is 71.0 Å². The SMILES string of the molecule is CC(C)(C)c1ccc2c(c1)C(O)C(O)c1cc(C(C)(C)C)ccc1C#Cc1c(c3c(c4c1C#Cc1ccc(C(C)(C)C)cc1C(O)C(O)c1cc(C(C)(C)C)ccc1C#C4)C#Cc1ccc(C(C)(C)C)cc1C(O)C(O)c1cc(C(C)(C)C)ccc1C#C3)C#C2. The van der Waals surface area contributed by atoms with Crippen molar-refractivity contribution < 1.29 is 30.6 Å². The van der Waals surface area contributed by atoms with Crippen molar-refractivity contribution in [2.45, 2.75) is 194 Å². The maximum Gasteiger partial charge on any atom is 0.110 e. The Morgan fingerprint density at radius 3 is 0.433 bits per heavy atom. The molecule has 3 aliphatic carbocycles. The second-order valence-electron chi connectivity index (χ2n) is 30.7. The van der Waals surface area contributed by atoms with Gasteiger partial charge < -0.3 is 30.6 Å². The molecule has 6 atom stereocenters. The standard InChI is InChI=1S/C84H84O6/c1-79(2,3)55-31-19-49-25-37-61-62(38-26-50-20-32-56(80(4,5)6)44-68(50)74(86)73(85)67(49)43-55)64-40-28-52-22-34-58(82(10,11)12)46-70(52)77(89)78(90)72-48-60(84(16,17)18)36-24-54(72)30-42-66(64)65-41-29-53-23-35-59(83(13,14)15)47-71(53)76(88)75(87)69-45-57(81(7,8)9)33-21-51(69)27-39-63(61)65/h19-24,31-36,43-48,73-78,85-90H,1-18H3. The van der Waals surface area contributed by atoms with Crippen LogP contribution in [-0.2, 0) is 32.5 Å². The van der Waals surface area contributed by atoms with Crippen LogP contribution in [0.15, 0.2) is 109 Å². The summed E-state index contributed by atoms with van der Waals surface area (Å²) in [5, 5.41) is 75.9. The molecule has 456 valence electrons. The van der Waals surface area contributed by atoms with E-state index in [4.69, 9.17) is 0 Å². The summed E-state index contributed by atoms with van der Waals surface area (Å²) in [6.07, 6.45) is -8.58. The summed E-state index contributed by atoms with van der Waals surface area (Å²) in [6.45, 7) is 37.8. The van der Waals surface area contributed by atoms with Crippen molar-refractivity contribution in [3.63, 3.8) is 0 Å². The molecule has 0 radical (unpaired) electrons. The predicted octanol–water partition coefficient (Wildman–Crippen LogP) is 15.1. The van der Waals surface area contributed by atoms with Crippen LogP contribution in [0.5, 0.6) is 0 Å². The van der Waals surface area contributed by atoms with Gasteiger partial charge in [0.05, 0.1) is 33.4 Å². The number of fused-ring (bicyclic) bond motifs is 12. The average Bonchev–Trinajstić information content (AvgIpc) is 0.797. The van der Waals surface area contributed by atoms with Gasteiger partial charge in [-0.05, 0) is 136 Å². The molecule has 6 heteroatoms. The van der Waals surface area contributed by atoms with Crippen LogP contribution >= 0.6 is 0 Å². The van der Waals surface area contributed by atoms with Gasteiger partial charge in [0.15, 0.2) is 0 Å². The molecule has 6 unspecified atom stereocenters. The highest BCUT2D eigenvalue weighted by Crippen LogP contribution is 2.42. The Balaban J connectivity index is 1.48. The molecule has 6 N–H and O–H groups in total. The molecule has 0 amide bonds. The van der Waals surface area contributed by atoms with E-state index in [0.29, 0.717) is 100 Å². The molecule has 90 heavy (non-hydrogen) atoms. The average molecular weight is 1190 g/mol. The van der Waals surface area contributed by atoms with Crippen molar-refractivity contribution in [2.75, 3.05) is 0 Å². The highest BCUT2D eigenvalue weighted by atomic mass is 16.3. The largest absolute Gasteiger partial charge is 0.385 e. The zero-order chi connectivity index (χ0) is 65.5. The zero-order valence-corrected chi connectivity index (χ0v) is 55.5. The van der Waals surface area contributed by atoms with E-state index < -0.39 is 36.6 Å². The van der Waals surface area contributed by atoms with E-state index in [-0.39, 0.29) is 32.5 Å². The van der Waals surface area contributed by atoms with E-state index in [1.165, 1.54) is 0 Å². The number of rotatable bonds is 0. The minimum Gasteiger partial charge on any atom is -0.385 e. The Labute approximate surface area is 535 Å². The van der Waals surface area contributed by atoms with E-state index in [9.17, 15) is 30.6 Å². The summed E-state index contributed by atoms with van der Waals surface area (Å²) in [5.41, 5.74) is 11.1. The summed E-state index contributed by atoms with van der Waals surface area (Å²) in [7, 11) is 0. The van der Waals surface area contributed by atoms with Crippen LogP contribution in [0.1, 0.15) is 295 Å². The molecular formula is C84H84O6. The van der Waals surface area contributed by atoms with Crippen molar-refractivity contribution in [3.8, 4) is 71.0 Å². The van der Waals surface area contributed by atoms with Crippen molar-refractivity contribution in [3.05, 3.63) is 243 Å². The molecule has 0 saturated heterocycles. The number of aliphatic hydroxyl groups is 6. The normalized spacial score (nSPS) is 18.7. The van der Waals surface area contributed by atoms with Gasteiger partial charge in [-0.2, -0.15) is 0 Å². The van der Waals surface area contributed by atoms with Crippen molar-refractivity contribution in [1.82, 2.24) is 0 Å². The molecule has 3 aliphatic rings. The minimum atomic E-state index is -1.43. The van der Waals surface area contributed by atoms with Crippen LogP contribution in [0.2, 0.25) is 0 Å². The topological polar surface area (TPSA) is 121 Å². The Morgan fingerprint density at radius 2 is 0.322 bits per heavy atom. The maximum absolute atomic E-state index is 12.7. The van der Waals surface area contributed by atoms with Gasteiger partial charge in [0.1, 0.15) is 36.6 Å². The van der Waals surface area contributed by atoms with Gasteiger partial charge >= 0.3 is 0 Å². The first-order valence-electron chi connectivity index (χ1n) is 31.2. The van der Waals surface area contributed by atoms with Crippen LogP contribution in [0.3, 0.4) is 0 Å². The molecule has 0 fully saturated rings. The molecule has 0 spiro atoms. The zero-order valence-electron chi connectivity index (χ0n) is 55.5. The monoisotopic (exact) mass is 1190 g/mol.